The first-order chi connectivity index (χ1) is 16.4. The minimum atomic E-state index is -0.0256. The van der Waals surface area contributed by atoms with E-state index in [-0.39, 0.29) is 5.91 Å². The predicted molar refractivity (Wildman–Crippen MR) is 137 cm³/mol. The quantitative estimate of drug-likeness (QED) is 0.360. The van der Waals surface area contributed by atoms with Gasteiger partial charge in [0.05, 0.1) is 18.0 Å². The maximum atomic E-state index is 12.7. The van der Waals surface area contributed by atoms with Crippen LogP contribution in [0.4, 0.5) is 5.69 Å². The maximum absolute atomic E-state index is 12.7. The lowest BCUT2D eigenvalue weighted by atomic mass is 10.0. The van der Waals surface area contributed by atoms with Crippen LogP contribution in [0, 0.1) is 20.8 Å². The van der Waals surface area contributed by atoms with E-state index in [9.17, 15) is 4.79 Å². The topological polar surface area (TPSA) is 69.0 Å². The molecule has 0 unspecified atom stereocenters. The van der Waals surface area contributed by atoms with E-state index >= 15 is 0 Å². The molecule has 4 aromatic rings. The zero-order valence-corrected chi connectivity index (χ0v) is 20.6. The first-order valence-electron chi connectivity index (χ1n) is 11.9. The number of amides is 1. The number of hydrogen-bond acceptors (Lipinski definition) is 4. The van der Waals surface area contributed by atoms with Crippen LogP contribution in [0.2, 0.25) is 0 Å². The molecule has 0 aliphatic rings. The Morgan fingerprint density at radius 2 is 1.85 bits per heavy atom. The highest BCUT2D eigenvalue weighted by Gasteiger charge is 2.20. The molecule has 1 amide bonds. The van der Waals surface area contributed by atoms with Gasteiger partial charge < -0.3 is 10.1 Å². The van der Waals surface area contributed by atoms with E-state index in [1.807, 2.05) is 48.9 Å². The Labute approximate surface area is 201 Å². The van der Waals surface area contributed by atoms with Crippen molar-refractivity contribution in [3.05, 3.63) is 76.5 Å². The molecule has 2 heterocycles. The van der Waals surface area contributed by atoms with Crippen LogP contribution in [0.1, 0.15) is 48.2 Å². The molecule has 0 aliphatic carbocycles. The molecule has 0 saturated heterocycles. The number of carbonyl (C=O) groups excluding carboxylic acids is 1. The van der Waals surface area contributed by atoms with Gasteiger partial charge in [-0.25, -0.2) is 4.68 Å². The number of nitrogens with zero attached hydrogens (tertiary/aromatic N) is 3. The van der Waals surface area contributed by atoms with Crippen LogP contribution in [0.3, 0.4) is 0 Å². The standard InChI is InChI=1S/C28H32N4O2/c1-6-21-11-9-12-22(17-21)29-25(33)15-14-24-19(4)26-20(5)31-32(23-13-8-10-18(3)16-23)27(26)30-28(24)34-7-2/h8-13,16-17H,6-7,14-15H2,1-5H3,(H,29,33). The molecule has 6 nitrogen and oxygen atoms in total. The first kappa shape index (κ1) is 23.5. The molecule has 0 fully saturated rings. The number of ether oxygens (including phenoxy) is 1. The molecule has 2 aromatic carbocycles. The van der Waals surface area contributed by atoms with Gasteiger partial charge >= 0.3 is 0 Å². The Balaban J connectivity index is 1.65. The van der Waals surface area contributed by atoms with Gasteiger partial charge in [0, 0.05) is 23.1 Å². The molecule has 176 valence electrons. The van der Waals surface area contributed by atoms with Crippen molar-refractivity contribution in [2.75, 3.05) is 11.9 Å². The molecule has 0 aliphatic heterocycles. The maximum Gasteiger partial charge on any atom is 0.224 e. The summed E-state index contributed by atoms with van der Waals surface area (Å²) >= 11 is 0. The summed E-state index contributed by atoms with van der Waals surface area (Å²) in [6.07, 6.45) is 1.82. The summed E-state index contributed by atoms with van der Waals surface area (Å²) in [7, 11) is 0. The van der Waals surface area contributed by atoms with Gasteiger partial charge in [0.25, 0.3) is 0 Å². The molecule has 0 atom stereocenters. The van der Waals surface area contributed by atoms with Gasteiger partial charge in [-0.3, -0.25) is 4.79 Å². The van der Waals surface area contributed by atoms with E-state index in [2.05, 4.69) is 44.3 Å². The smallest absolute Gasteiger partial charge is 0.224 e. The Kier molecular flexibility index (Phi) is 6.96. The average molecular weight is 457 g/mol. The number of benzene rings is 2. The summed E-state index contributed by atoms with van der Waals surface area (Å²) in [5, 5.41) is 8.82. The molecule has 2 aromatic heterocycles. The van der Waals surface area contributed by atoms with Gasteiger partial charge in [0.2, 0.25) is 11.8 Å². The highest BCUT2D eigenvalue weighted by atomic mass is 16.5. The van der Waals surface area contributed by atoms with E-state index in [0.717, 1.165) is 51.2 Å². The van der Waals surface area contributed by atoms with Crippen molar-refractivity contribution in [2.45, 2.75) is 53.9 Å². The fourth-order valence-electron chi connectivity index (χ4n) is 4.35. The van der Waals surface area contributed by atoms with E-state index in [0.29, 0.717) is 25.3 Å². The van der Waals surface area contributed by atoms with E-state index in [1.54, 1.807) is 0 Å². The monoisotopic (exact) mass is 456 g/mol. The van der Waals surface area contributed by atoms with E-state index in [4.69, 9.17) is 14.8 Å². The third-order valence-electron chi connectivity index (χ3n) is 6.08. The molecular weight excluding hydrogens is 424 g/mol. The lowest BCUT2D eigenvalue weighted by Crippen LogP contribution is -2.14. The summed E-state index contributed by atoms with van der Waals surface area (Å²) in [4.78, 5) is 17.6. The summed E-state index contributed by atoms with van der Waals surface area (Å²) in [6, 6.07) is 16.2. The molecular formula is C28H32N4O2. The molecule has 0 saturated carbocycles. The van der Waals surface area contributed by atoms with Crippen LogP contribution in [-0.4, -0.2) is 27.3 Å². The molecule has 4 rings (SSSR count). The van der Waals surface area contributed by atoms with Crippen molar-refractivity contribution >= 4 is 22.6 Å². The zero-order chi connectivity index (χ0) is 24.2. The molecule has 0 radical (unpaired) electrons. The van der Waals surface area contributed by atoms with Crippen molar-refractivity contribution in [3.63, 3.8) is 0 Å². The Hall–Kier alpha value is -3.67. The SMILES string of the molecule is CCOc1nc2c(c(C)nn2-c2cccc(C)c2)c(C)c1CCC(=O)Nc1cccc(CC)c1. The molecule has 34 heavy (non-hydrogen) atoms. The highest BCUT2D eigenvalue weighted by molar-refractivity contribution is 5.91. The second kappa shape index (κ2) is 10.1. The third kappa shape index (κ3) is 4.81. The number of rotatable bonds is 8. The zero-order valence-electron chi connectivity index (χ0n) is 20.6. The van der Waals surface area contributed by atoms with Crippen molar-refractivity contribution in [3.8, 4) is 11.6 Å². The van der Waals surface area contributed by atoms with E-state index < -0.39 is 0 Å². The lowest BCUT2D eigenvalue weighted by molar-refractivity contribution is -0.116. The van der Waals surface area contributed by atoms with Crippen molar-refractivity contribution < 1.29 is 9.53 Å². The number of carbonyl (C=O) groups is 1. The van der Waals surface area contributed by atoms with Crippen molar-refractivity contribution in [2.24, 2.45) is 0 Å². The second-order valence-electron chi connectivity index (χ2n) is 8.59. The summed E-state index contributed by atoms with van der Waals surface area (Å²) in [5.41, 5.74) is 7.85. The number of aryl methyl sites for hydroxylation is 4. The van der Waals surface area contributed by atoms with Gasteiger partial charge in [-0.2, -0.15) is 10.1 Å². The average Bonchev–Trinajstić information content (AvgIpc) is 3.15. The van der Waals surface area contributed by atoms with Gasteiger partial charge in [0.15, 0.2) is 5.65 Å². The predicted octanol–water partition coefficient (Wildman–Crippen LogP) is 5.88. The normalized spacial score (nSPS) is 11.1. The van der Waals surface area contributed by atoms with Crippen LogP contribution in [0.25, 0.3) is 16.7 Å². The van der Waals surface area contributed by atoms with Crippen molar-refractivity contribution in [1.82, 2.24) is 14.8 Å². The minimum absolute atomic E-state index is 0.0256. The Bertz CT molecular complexity index is 1340. The first-order valence-corrected chi connectivity index (χ1v) is 11.9. The van der Waals surface area contributed by atoms with Crippen LogP contribution < -0.4 is 10.1 Å². The number of hydrogen-bond donors (Lipinski definition) is 1. The summed E-state index contributed by atoms with van der Waals surface area (Å²) in [5.74, 6) is 0.546. The number of fused-ring (bicyclic) bond motifs is 1. The van der Waals surface area contributed by atoms with Gasteiger partial charge in [0.1, 0.15) is 0 Å². The number of anilines is 1. The van der Waals surface area contributed by atoms with Crippen LogP contribution in [0.5, 0.6) is 5.88 Å². The molecule has 0 spiro atoms. The number of pyridine rings is 1. The minimum Gasteiger partial charge on any atom is -0.478 e. The van der Waals surface area contributed by atoms with Crippen LogP contribution in [-0.2, 0) is 17.6 Å². The van der Waals surface area contributed by atoms with Crippen LogP contribution >= 0.6 is 0 Å². The second-order valence-corrected chi connectivity index (χ2v) is 8.59. The Morgan fingerprint density at radius 3 is 2.59 bits per heavy atom. The molecule has 6 heteroatoms. The van der Waals surface area contributed by atoms with Gasteiger partial charge in [-0.1, -0.05) is 31.2 Å². The fraction of sp³-hybridized carbons (Fsp3) is 0.321. The van der Waals surface area contributed by atoms with Crippen molar-refractivity contribution in [1.29, 1.82) is 0 Å². The highest BCUT2D eigenvalue weighted by Crippen LogP contribution is 2.32. The van der Waals surface area contributed by atoms with Gasteiger partial charge in [-0.05, 0) is 81.5 Å². The fourth-order valence-corrected chi connectivity index (χ4v) is 4.35. The summed E-state index contributed by atoms with van der Waals surface area (Å²) in [6.45, 7) is 10.7. The van der Waals surface area contributed by atoms with E-state index in [1.165, 1.54) is 5.56 Å². The molecule has 0 bridgehead atoms. The van der Waals surface area contributed by atoms with Crippen LogP contribution in [0.15, 0.2) is 48.5 Å². The lowest BCUT2D eigenvalue weighted by Gasteiger charge is -2.14. The number of aromatic nitrogens is 3. The number of nitrogens with one attached hydrogen (secondary N) is 1. The Morgan fingerprint density at radius 1 is 1.06 bits per heavy atom. The summed E-state index contributed by atoms with van der Waals surface area (Å²) < 4.78 is 7.83. The molecule has 1 N–H and O–H groups in total. The van der Waals surface area contributed by atoms with Gasteiger partial charge in [-0.15, -0.1) is 0 Å². The third-order valence-corrected chi connectivity index (χ3v) is 6.08. The largest absolute Gasteiger partial charge is 0.478 e.